The van der Waals surface area contributed by atoms with Gasteiger partial charge in [-0.05, 0) is 12.5 Å². The molecule has 0 aliphatic carbocycles. The van der Waals surface area contributed by atoms with Gasteiger partial charge >= 0.3 is 0 Å². The van der Waals surface area contributed by atoms with Crippen LogP contribution in [0.2, 0.25) is 0 Å². The molecule has 3 rings (SSSR count). The Morgan fingerprint density at radius 3 is 3.18 bits per heavy atom. The molecule has 6 nitrogen and oxygen atoms in total. The maximum Gasteiger partial charge on any atom is 0.182 e. The van der Waals surface area contributed by atoms with Crippen molar-refractivity contribution in [1.29, 1.82) is 0 Å². The Morgan fingerprint density at radius 2 is 2.41 bits per heavy atom. The van der Waals surface area contributed by atoms with Crippen LogP contribution in [0.1, 0.15) is 31.6 Å². The van der Waals surface area contributed by atoms with Crippen molar-refractivity contribution in [2.45, 2.75) is 32.4 Å². The molecule has 0 aromatic carbocycles. The Hall–Kier alpha value is -1.69. The first-order chi connectivity index (χ1) is 8.40. The number of rotatable bonds is 3. The van der Waals surface area contributed by atoms with Crippen molar-refractivity contribution in [3.8, 4) is 11.5 Å². The van der Waals surface area contributed by atoms with Crippen LogP contribution < -0.4 is 5.32 Å². The number of aromatic amines is 1. The van der Waals surface area contributed by atoms with Gasteiger partial charge in [0.25, 0.3) is 0 Å². The van der Waals surface area contributed by atoms with Crippen molar-refractivity contribution in [1.82, 2.24) is 30.3 Å². The van der Waals surface area contributed by atoms with Crippen LogP contribution in [-0.4, -0.2) is 31.5 Å². The van der Waals surface area contributed by atoms with Crippen LogP contribution in [0.5, 0.6) is 0 Å². The Kier molecular flexibility index (Phi) is 2.64. The monoisotopic (exact) mass is 232 g/mol. The summed E-state index contributed by atoms with van der Waals surface area (Å²) < 4.78 is 2.18. The number of aromatic nitrogens is 5. The highest BCUT2D eigenvalue weighted by molar-refractivity contribution is 5.48. The lowest BCUT2D eigenvalue weighted by Crippen LogP contribution is -2.33. The van der Waals surface area contributed by atoms with Crippen molar-refractivity contribution >= 4 is 0 Å². The molecule has 0 fully saturated rings. The Bertz CT molecular complexity index is 486. The van der Waals surface area contributed by atoms with Gasteiger partial charge in [-0.1, -0.05) is 13.3 Å². The molecule has 1 aliphatic heterocycles. The van der Waals surface area contributed by atoms with E-state index in [4.69, 9.17) is 0 Å². The highest BCUT2D eigenvalue weighted by Crippen LogP contribution is 2.24. The summed E-state index contributed by atoms with van der Waals surface area (Å²) in [5.74, 6) is 1.93. The summed E-state index contributed by atoms with van der Waals surface area (Å²) in [6.45, 7) is 4.07. The second-order valence-corrected chi connectivity index (χ2v) is 4.30. The summed E-state index contributed by atoms with van der Waals surface area (Å²) in [7, 11) is 0. The molecule has 2 N–H and O–H groups in total. The predicted octanol–water partition coefficient (Wildman–Crippen LogP) is 1.11. The average molecular weight is 232 g/mol. The quantitative estimate of drug-likeness (QED) is 0.831. The molecular formula is C11H16N6. The van der Waals surface area contributed by atoms with Gasteiger partial charge in [-0.15, -0.1) is 10.2 Å². The smallest absolute Gasteiger partial charge is 0.182 e. The lowest BCUT2D eigenvalue weighted by atomic mass is 10.1. The summed E-state index contributed by atoms with van der Waals surface area (Å²) in [6.07, 6.45) is 3.98. The van der Waals surface area contributed by atoms with E-state index in [1.54, 1.807) is 6.20 Å². The van der Waals surface area contributed by atoms with E-state index in [9.17, 15) is 0 Å². The highest BCUT2D eigenvalue weighted by atomic mass is 15.3. The first kappa shape index (κ1) is 10.5. The fourth-order valence-corrected chi connectivity index (χ4v) is 2.33. The van der Waals surface area contributed by atoms with Crippen molar-refractivity contribution in [3.63, 3.8) is 0 Å². The Labute approximate surface area is 99.4 Å². The van der Waals surface area contributed by atoms with Crippen LogP contribution in [0.15, 0.2) is 12.3 Å². The first-order valence-electron chi connectivity index (χ1n) is 6.06. The molecule has 2 aromatic rings. The number of hydrogen-bond donors (Lipinski definition) is 2. The number of H-pyrrole nitrogens is 1. The summed E-state index contributed by atoms with van der Waals surface area (Å²) in [4.78, 5) is 0. The van der Waals surface area contributed by atoms with Gasteiger partial charge in [-0.25, -0.2) is 0 Å². The molecule has 0 amide bonds. The minimum atomic E-state index is 0.331. The normalized spacial score (nSPS) is 19.2. The lowest BCUT2D eigenvalue weighted by Gasteiger charge is -2.24. The number of fused-ring (bicyclic) bond motifs is 1. The molecule has 0 saturated heterocycles. The van der Waals surface area contributed by atoms with E-state index in [0.717, 1.165) is 43.3 Å². The van der Waals surface area contributed by atoms with E-state index in [1.807, 2.05) is 6.07 Å². The van der Waals surface area contributed by atoms with Gasteiger partial charge in [-0.2, -0.15) is 5.10 Å². The molecule has 90 valence electrons. The van der Waals surface area contributed by atoms with Gasteiger partial charge in [0.1, 0.15) is 5.69 Å². The molecule has 0 saturated carbocycles. The van der Waals surface area contributed by atoms with Gasteiger partial charge in [0.05, 0.1) is 6.04 Å². The average Bonchev–Trinajstić information content (AvgIpc) is 2.97. The van der Waals surface area contributed by atoms with Crippen LogP contribution in [0, 0.1) is 0 Å². The van der Waals surface area contributed by atoms with Gasteiger partial charge < -0.3 is 9.88 Å². The summed E-state index contributed by atoms with van der Waals surface area (Å²) in [5.41, 5.74) is 0.931. The van der Waals surface area contributed by atoms with Crippen molar-refractivity contribution in [3.05, 3.63) is 18.1 Å². The SMILES string of the molecule is CCCC1NCCn2c(-c3ccn[nH]3)nnc21. The van der Waals surface area contributed by atoms with Crippen molar-refractivity contribution in [2.24, 2.45) is 0 Å². The lowest BCUT2D eigenvalue weighted by molar-refractivity contribution is 0.394. The molecule has 1 aliphatic rings. The summed E-state index contributed by atoms with van der Waals surface area (Å²) in [5, 5.41) is 19.0. The highest BCUT2D eigenvalue weighted by Gasteiger charge is 2.24. The number of nitrogens with one attached hydrogen (secondary N) is 2. The van der Waals surface area contributed by atoms with Gasteiger partial charge in [0.15, 0.2) is 11.6 Å². The van der Waals surface area contributed by atoms with E-state index in [1.165, 1.54) is 0 Å². The minimum absolute atomic E-state index is 0.331. The predicted molar refractivity (Wildman–Crippen MR) is 63.3 cm³/mol. The standard InChI is InChI=1S/C11H16N6/c1-2-3-8-10-15-16-11(9-4-5-13-14-9)17(10)7-6-12-8/h4-5,8,12H,2-3,6-7H2,1H3,(H,13,14). The molecule has 6 heteroatoms. The van der Waals surface area contributed by atoms with Crippen LogP contribution in [-0.2, 0) is 6.54 Å². The largest absolute Gasteiger partial charge is 0.307 e. The maximum absolute atomic E-state index is 4.32. The van der Waals surface area contributed by atoms with Crippen molar-refractivity contribution in [2.75, 3.05) is 6.54 Å². The summed E-state index contributed by atoms with van der Waals surface area (Å²) >= 11 is 0. The minimum Gasteiger partial charge on any atom is -0.307 e. The number of hydrogen-bond acceptors (Lipinski definition) is 4. The second-order valence-electron chi connectivity index (χ2n) is 4.30. The van der Waals surface area contributed by atoms with E-state index in [-0.39, 0.29) is 0 Å². The molecule has 17 heavy (non-hydrogen) atoms. The molecule has 0 bridgehead atoms. The topological polar surface area (TPSA) is 71.4 Å². The van der Waals surface area contributed by atoms with Gasteiger partial charge in [-0.3, -0.25) is 5.10 Å². The van der Waals surface area contributed by atoms with Gasteiger partial charge in [0.2, 0.25) is 0 Å². The fourth-order valence-electron chi connectivity index (χ4n) is 2.33. The molecule has 1 unspecified atom stereocenters. The van der Waals surface area contributed by atoms with Crippen LogP contribution in [0.4, 0.5) is 0 Å². The zero-order valence-corrected chi connectivity index (χ0v) is 9.85. The molecule has 1 atom stereocenters. The first-order valence-corrected chi connectivity index (χ1v) is 6.06. The second kappa shape index (κ2) is 4.29. The molecule has 3 heterocycles. The van der Waals surface area contributed by atoms with Gasteiger partial charge in [0, 0.05) is 19.3 Å². The van der Waals surface area contributed by atoms with E-state index in [2.05, 4.69) is 37.2 Å². The molecule has 2 aromatic heterocycles. The zero-order valence-electron chi connectivity index (χ0n) is 9.85. The third-order valence-corrected chi connectivity index (χ3v) is 3.14. The zero-order chi connectivity index (χ0) is 11.7. The third kappa shape index (κ3) is 1.74. The van der Waals surface area contributed by atoms with E-state index >= 15 is 0 Å². The van der Waals surface area contributed by atoms with Crippen LogP contribution in [0.3, 0.4) is 0 Å². The number of nitrogens with zero attached hydrogens (tertiary/aromatic N) is 4. The van der Waals surface area contributed by atoms with Crippen LogP contribution in [0.25, 0.3) is 11.5 Å². The Morgan fingerprint density at radius 1 is 1.47 bits per heavy atom. The molecule has 0 radical (unpaired) electrons. The van der Waals surface area contributed by atoms with E-state index < -0.39 is 0 Å². The molecule has 0 spiro atoms. The third-order valence-electron chi connectivity index (χ3n) is 3.14. The molecular weight excluding hydrogens is 216 g/mol. The summed E-state index contributed by atoms with van der Waals surface area (Å²) in [6, 6.07) is 2.26. The maximum atomic E-state index is 4.32. The Balaban J connectivity index is 1.99. The van der Waals surface area contributed by atoms with Crippen molar-refractivity contribution < 1.29 is 0 Å². The van der Waals surface area contributed by atoms with Crippen LogP contribution >= 0.6 is 0 Å². The van der Waals surface area contributed by atoms with E-state index in [0.29, 0.717) is 6.04 Å². The fraction of sp³-hybridized carbons (Fsp3) is 0.545.